The third kappa shape index (κ3) is 3.39. The van der Waals surface area contributed by atoms with Gasteiger partial charge in [-0.05, 0) is 52.4 Å². The fourth-order valence-corrected chi connectivity index (χ4v) is 4.81. The van der Waals surface area contributed by atoms with E-state index in [0.717, 1.165) is 35.6 Å². The molecule has 4 aromatic rings. The highest BCUT2D eigenvalue weighted by Gasteiger charge is 2.40. The van der Waals surface area contributed by atoms with Gasteiger partial charge in [0, 0.05) is 19.1 Å². The van der Waals surface area contributed by atoms with Gasteiger partial charge in [-0.15, -0.1) is 0 Å². The minimum Gasteiger partial charge on any atom is -0.460 e. The van der Waals surface area contributed by atoms with Crippen molar-refractivity contribution in [3.63, 3.8) is 0 Å². The normalized spacial score (nSPS) is 17.8. The van der Waals surface area contributed by atoms with Gasteiger partial charge < -0.3 is 9.47 Å². The molecular formula is C28H26O3. The smallest absolute Gasteiger partial charge is 0.343 e. The van der Waals surface area contributed by atoms with Gasteiger partial charge in [-0.25, -0.2) is 4.79 Å². The van der Waals surface area contributed by atoms with Crippen LogP contribution in [0.5, 0.6) is 0 Å². The number of esters is 1. The van der Waals surface area contributed by atoms with E-state index in [1.165, 1.54) is 21.9 Å². The third-order valence-corrected chi connectivity index (χ3v) is 6.68. The molecule has 0 bridgehead atoms. The van der Waals surface area contributed by atoms with Crippen LogP contribution in [0.15, 0.2) is 78.9 Å². The molecule has 156 valence electrons. The summed E-state index contributed by atoms with van der Waals surface area (Å²) < 4.78 is 11.9. The lowest BCUT2D eigenvalue weighted by Gasteiger charge is -2.32. The van der Waals surface area contributed by atoms with Gasteiger partial charge in [0.1, 0.15) is 6.10 Å². The SMILES string of the molecule is CO[C@](C)(C(=O)OC1CCc2ccc3ccccc3c2C1)c1cccc2ccccc12. The second kappa shape index (κ2) is 7.82. The van der Waals surface area contributed by atoms with Crippen LogP contribution in [-0.2, 0) is 32.7 Å². The molecule has 1 aliphatic rings. The van der Waals surface area contributed by atoms with E-state index in [-0.39, 0.29) is 12.1 Å². The average molecular weight is 411 g/mol. The van der Waals surface area contributed by atoms with E-state index in [2.05, 4.69) is 36.4 Å². The maximum absolute atomic E-state index is 13.4. The number of ether oxygens (including phenoxy) is 2. The van der Waals surface area contributed by atoms with E-state index >= 15 is 0 Å². The van der Waals surface area contributed by atoms with Crippen molar-refractivity contribution in [2.45, 2.75) is 37.9 Å². The average Bonchev–Trinajstić information content (AvgIpc) is 2.83. The van der Waals surface area contributed by atoms with Crippen molar-refractivity contribution >= 4 is 27.5 Å². The van der Waals surface area contributed by atoms with E-state index in [1.807, 2.05) is 49.4 Å². The Morgan fingerprint density at radius 2 is 1.55 bits per heavy atom. The highest BCUT2D eigenvalue weighted by atomic mass is 16.6. The number of benzene rings is 4. The van der Waals surface area contributed by atoms with Crippen molar-refractivity contribution in [2.24, 2.45) is 0 Å². The molecule has 0 aromatic heterocycles. The number of fused-ring (bicyclic) bond motifs is 4. The van der Waals surface area contributed by atoms with E-state index in [0.29, 0.717) is 0 Å². The highest BCUT2D eigenvalue weighted by molar-refractivity contribution is 5.93. The van der Waals surface area contributed by atoms with E-state index in [4.69, 9.17) is 9.47 Å². The van der Waals surface area contributed by atoms with E-state index < -0.39 is 5.60 Å². The molecule has 0 heterocycles. The number of carbonyl (C=O) groups excluding carboxylic acids is 1. The Morgan fingerprint density at radius 3 is 2.32 bits per heavy atom. The molecule has 0 radical (unpaired) electrons. The van der Waals surface area contributed by atoms with Crippen LogP contribution in [0.25, 0.3) is 21.5 Å². The number of carbonyl (C=O) groups is 1. The molecule has 0 fully saturated rings. The van der Waals surface area contributed by atoms with Crippen LogP contribution in [0, 0.1) is 0 Å². The van der Waals surface area contributed by atoms with Gasteiger partial charge in [0.25, 0.3) is 0 Å². The molecule has 0 N–H and O–H groups in total. The van der Waals surface area contributed by atoms with Crippen molar-refractivity contribution in [3.05, 3.63) is 95.6 Å². The fraction of sp³-hybridized carbons (Fsp3) is 0.250. The molecule has 0 saturated heterocycles. The first-order valence-corrected chi connectivity index (χ1v) is 10.8. The highest BCUT2D eigenvalue weighted by Crippen LogP contribution is 2.35. The van der Waals surface area contributed by atoms with Crippen LogP contribution in [-0.4, -0.2) is 19.2 Å². The lowest BCUT2D eigenvalue weighted by atomic mass is 9.86. The number of hydrogen-bond donors (Lipinski definition) is 0. The molecule has 31 heavy (non-hydrogen) atoms. The Bertz CT molecular complexity index is 1270. The second-order valence-electron chi connectivity index (χ2n) is 8.46. The summed E-state index contributed by atoms with van der Waals surface area (Å²) in [5.41, 5.74) is 2.32. The quantitative estimate of drug-likeness (QED) is 0.390. The lowest BCUT2D eigenvalue weighted by Crippen LogP contribution is -2.40. The number of hydrogen-bond acceptors (Lipinski definition) is 3. The van der Waals surface area contributed by atoms with Crippen LogP contribution in [0.4, 0.5) is 0 Å². The Kier molecular flexibility index (Phi) is 4.99. The first-order valence-electron chi connectivity index (χ1n) is 10.8. The molecule has 1 aliphatic carbocycles. The molecule has 4 aromatic carbocycles. The molecule has 2 atom stereocenters. The number of rotatable bonds is 4. The zero-order chi connectivity index (χ0) is 21.4. The van der Waals surface area contributed by atoms with Crippen molar-refractivity contribution in [1.29, 1.82) is 0 Å². The summed E-state index contributed by atoms with van der Waals surface area (Å²) >= 11 is 0. The van der Waals surface area contributed by atoms with Crippen LogP contribution in [0.1, 0.15) is 30.0 Å². The molecule has 0 saturated carbocycles. The standard InChI is InChI=1S/C28H26O3/c1-28(30-2,26-13-7-10-19-8-4-6-12-24(19)26)27(29)31-22-17-16-21-15-14-20-9-3-5-11-23(20)25(21)18-22/h3-15,22H,16-18H2,1-2H3/t22?,28-/m0/s1. The monoisotopic (exact) mass is 410 g/mol. The molecule has 0 aliphatic heterocycles. The van der Waals surface area contributed by atoms with E-state index in [1.54, 1.807) is 7.11 Å². The summed E-state index contributed by atoms with van der Waals surface area (Å²) in [5, 5.41) is 4.57. The van der Waals surface area contributed by atoms with Crippen LogP contribution in [0.3, 0.4) is 0 Å². The summed E-state index contributed by atoms with van der Waals surface area (Å²) in [6.07, 6.45) is 2.32. The summed E-state index contributed by atoms with van der Waals surface area (Å²) in [5.74, 6) is -0.333. The van der Waals surface area contributed by atoms with Gasteiger partial charge in [-0.1, -0.05) is 78.9 Å². The molecule has 5 rings (SSSR count). The van der Waals surface area contributed by atoms with Crippen LogP contribution in [0.2, 0.25) is 0 Å². The van der Waals surface area contributed by atoms with Gasteiger partial charge in [-0.3, -0.25) is 0 Å². The van der Waals surface area contributed by atoms with Crippen molar-refractivity contribution < 1.29 is 14.3 Å². The number of methoxy groups -OCH3 is 1. The predicted octanol–water partition coefficient (Wildman–Crippen LogP) is 5.96. The Morgan fingerprint density at radius 1 is 0.871 bits per heavy atom. The minimum atomic E-state index is -1.17. The zero-order valence-corrected chi connectivity index (χ0v) is 17.9. The Balaban J connectivity index is 1.45. The van der Waals surface area contributed by atoms with Crippen molar-refractivity contribution in [1.82, 2.24) is 0 Å². The first-order chi connectivity index (χ1) is 15.1. The van der Waals surface area contributed by atoms with Crippen molar-refractivity contribution in [3.8, 4) is 0 Å². The maximum Gasteiger partial charge on any atom is 0.343 e. The van der Waals surface area contributed by atoms with E-state index in [9.17, 15) is 4.79 Å². The maximum atomic E-state index is 13.4. The molecule has 3 heteroatoms. The summed E-state index contributed by atoms with van der Waals surface area (Å²) in [6.45, 7) is 1.81. The lowest BCUT2D eigenvalue weighted by molar-refractivity contribution is -0.174. The first kappa shape index (κ1) is 19.8. The van der Waals surface area contributed by atoms with Gasteiger partial charge in [-0.2, -0.15) is 0 Å². The molecule has 1 unspecified atom stereocenters. The fourth-order valence-electron chi connectivity index (χ4n) is 4.81. The molecule has 3 nitrogen and oxygen atoms in total. The van der Waals surface area contributed by atoms with Crippen LogP contribution >= 0.6 is 0 Å². The topological polar surface area (TPSA) is 35.5 Å². The van der Waals surface area contributed by atoms with Gasteiger partial charge in [0.15, 0.2) is 5.60 Å². The molecular weight excluding hydrogens is 384 g/mol. The number of aryl methyl sites for hydroxylation is 1. The second-order valence-corrected chi connectivity index (χ2v) is 8.46. The predicted molar refractivity (Wildman–Crippen MR) is 124 cm³/mol. The third-order valence-electron chi connectivity index (χ3n) is 6.68. The minimum absolute atomic E-state index is 0.157. The van der Waals surface area contributed by atoms with Gasteiger partial charge >= 0.3 is 5.97 Å². The van der Waals surface area contributed by atoms with Gasteiger partial charge in [0.2, 0.25) is 0 Å². The van der Waals surface area contributed by atoms with Crippen LogP contribution < -0.4 is 0 Å². The van der Waals surface area contributed by atoms with Gasteiger partial charge in [0.05, 0.1) is 0 Å². The summed E-state index contributed by atoms with van der Waals surface area (Å²) in [6, 6.07) is 26.8. The largest absolute Gasteiger partial charge is 0.460 e. The molecule has 0 amide bonds. The summed E-state index contributed by atoms with van der Waals surface area (Å²) in [4.78, 5) is 13.4. The zero-order valence-electron chi connectivity index (χ0n) is 17.9. The van der Waals surface area contributed by atoms with Crippen molar-refractivity contribution in [2.75, 3.05) is 7.11 Å². The Hall–Kier alpha value is -3.17. The Labute approximate surface area is 182 Å². The summed E-state index contributed by atoms with van der Waals surface area (Å²) in [7, 11) is 1.58. The molecule has 0 spiro atoms.